The van der Waals surface area contributed by atoms with Gasteiger partial charge in [-0.25, -0.2) is 9.18 Å². The summed E-state index contributed by atoms with van der Waals surface area (Å²) in [7, 11) is 0. The molecule has 16 heavy (non-hydrogen) atoms. The molecule has 0 unspecified atom stereocenters. The third kappa shape index (κ3) is 4.26. The summed E-state index contributed by atoms with van der Waals surface area (Å²) in [6.45, 7) is 3.52. The third-order valence-electron chi connectivity index (χ3n) is 2.03. The van der Waals surface area contributed by atoms with E-state index >= 15 is 0 Å². The maximum Gasteiger partial charge on any atom is 0.333 e. The number of ether oxygens (including phenoxy) is 1. The summed E-state index contributed by atoms with van der Waals surface area (Å²) >= 11 is 0. The number of hydrogen-bond acceptors (Lipinski definition) is 2. The molecule has 0 aliphatic carbocycles. The second-order valence-corrected chi connectivity index (χ2v) is 3.78. The zero-order valence-electron chi connectivity index (χ0n) is 9.44. The molecule has 0 N–H and O–H groups in total. The Bertz CT molecular complexity index is 369. The second kappa shape index (κ2) is 6.05. The van der Waals surface area contributed by atoms with Gasteiger partial charge in [0.1, 0.15) is 12.4 Å². The maximum atomic E-state index is 13.1. The van der Waals surface area contributed by atoms with E-state index in [2.05, 4.69) is 0 Å². The number of halogens is 1. The number of allylic oxidation sites excluding steroid dienone is 1. The van der Waals surface area contributed by atoms with E-state index in [0.29, 0.717) is 0 Å². The number of carbonyl (C=O) groups excluding carboxylic acids is 1. The van der Waals surface area contributed by atoms with Gasteiger partial charge in [-0.3, -0.25) is 0 Å². The summed E-state index contributed by atoms with van der Waals surface area (Å²) in [5.74, 6) is -1.39. The average Bonchev–Trinajstić information content (AvgIpc) is 2.27. The highest BCUT2D eigenvalue weighted by molar-refractivity contribution is 5.82. The third-order valence-corrected chi connectivity index (χ3v) is 2.03. The fourth-order valence-electron chi connectivity index (χ4n) is 1.05. The van der Waals surface area contributed by atoms with Gasteiger partial charge in [0.05, 0.1) is 6.08 Å². The van der Waals surface area contributed by atoms with Crippen LogP contribution >= 0.6 is 0 Å². The van der Waals surface area contributed by atoms with Crippen LogP contribution in [0.5, 0.6) is 0 Å². The summed E-state index contributed by atoms with van der Waals surface area (Å²) in [5, 5.41) is 0. The second-order valence-electron chi connectivity index (χ2n) is 3.78. The van der Waals surface area contributed by atoms with E-state index in [9.17, 15) is 9.18 Å². The molecule has 1 aromatic carbocycles. The lowest BCUT2D eigenvalue weighted by molar-refractivity contribution is -0.139. The molecule has 0 spiro atoms. The van der Waals surface area contributed by atoms with Gasteiger partial charge in [-0.05, 0) is 5.56 Å². The van der Waals surface area contributed by atoms with E-state index < -0.39 is 11.8 Å². The molecule has 1 aromatic rings. The lowest BCUT2D eigenvalue weighted by atomic mass is 10.2. The summed E-state index contributed by atoms with van der Waals surface area (Å²) in [5.41, 5.74) is 0.884. The molecular formula is C13H15FO2. The molecular weight excluding hydrogens is 207 g/mol. The lowest BCUT2D eigenvalue weighted by Gasteiger charge is -2.03. The van der Waals surface area contributed by atoms with Gasteiger partial charge in [0.25, 0.3) is 0 Å². The molecule has 86 valence electrons. The smallest absolute Gasteiger partial charge is 0.333 e. The molecule has 0 fully saturated rings. The molecule has 0 aliphatic rings. The largest absolute Gasteiger partial charge is 0.458 e. The Morgan fingerprint density at radius 1 is 1.38 bits per heavy atom. The van der Waals surface area contributed by atoms with Gasteiger partial charge in [-0.2, -0.15) is 0 Å². The zero-order valence-corrected chi connectivity index (χ0v) is 9.44. The monoisotopic (exact) mass is 222 g/mol. The predicted molar refractivity (Wildman–Crippen MR) is 60.3 cm³/mol. The Morgan fingerprint density at radius 3 is 2.56 bits per heavy atom. The van der Waals surface area contributed by atoms with Crippen molar-refractivity contribution in [1.82, 2.24) is 0 Å². The average molecular weight is 222 g/mol. The van der Waals surface area contributed by atoms with E-state index in [1.165, 1.54) is 0 Å². The molecule has 0 saturated heterocycles. The number of benzene rings is 1. The minimum Gasteiger partial charge on any atom is -0.458 e. The van der Waals surface area contributed by atoms with Crippen LogP contribution in [0.25, 0.3) is 0 Å². The summed E-state index contributed by atoms with van der Waals surface area (Å²) < 4.78 is 18.0. The Labute approximate surface area is 94.7 Å². The van der Waals surface area contributed by atoms with Crippen molar-refractivity contribution in [3.05, 3.63) is 47.8 Å². The van der Waals surface area contributed by atoms with Crippen LogP contribution in [0.4, 0.5) is 4.39 Å². The van der Waals surface area contributed by atoms with Crippen molar-refractivity contribution < 1.29 is 13.9 Å². The number of carbonyl (C=O) groups is 1. The molecule has 0 atom stereocenters. The molecule has 3 heteroatoms. The van der Waals surface area contributed by atoms with Crippen LogP contribution < -0.4 is 0 Å². The van der Waals surface area contributed by atoms with Crippen LogP contribution in [0.1, 0.15) is 19.4 Å². The van der Waals surface area contributed by atoms with E-state index in [1.807, 2.05) is 30.3 Å². The van der Waals surface area contributed by atoms with Gasteiger partial charge in [-0.15, -0.1) is 0 Å². The number of rotatable bonds is 4. The van der Waals surface area contributed by atoms with Crippen molar-refractivity contribution in [2.45, 2.75) is 20.5 Å². The van der Waals surface area contributed by atoms with Crippen LogP contribution in [0, 0.1) is 5.92 Å². The number of hydrogen-bond donors (Lipinski definition) is 0. The Hall–Kier alpha value is -1.64. The quantitative estimate of drug-likeness (QED) is 0.577. The van der Waals surface area contributed by atoms with Gasteiger partial charge in [0.2, 0.25) is 0 Å². The molecule has 0 radical (unpaired) electrons. The van der Waals surface area contributed by atoms with E-state index in [0.717, 1.165) is 11.6 Å². The van der Waals surface area contributed by atoms with Gasteiger partial charge in [-0.1, -0.05) is 44.2 Å². The summed E-state index contributed by atoms with van der Waals surface area (Å²) in [4.78, 5) is 11.2. The van der Waals surface area contributed by atoms with Gasteiger partial charge in [0, 0.05) is 5.92 Å². The lowest BCUT2D eigenvalue weighted by Crippen LogP contribution is -2.03. The van der Waals surface area contributed by atoms with Crippen molar-refractivity contribution in [2.75, 3.05) is 0 Å². The predicted octanol–water partition coefficient (Wildman–Crippen LogP) is 3.24. The number of esters is 1. The summed E-state index contributed by atoms with van der Waals surface area (Å²) in [6, 6.07) is 9.27. The van der Waals surface area contributed by atoms with Crippen LogP contribution in [-0.4, -0.2) is 5.97 Å². The highest BCUT2D eigenvalue weighted by Crippen LogP contribution is 2.10. The highest BCUT2D eigenvalue weighted by Gasteiger charge is 2.06. The standard InChI is InChI=1S/C13H15FO2/c1-10(2)12(14)8-13(15)16-9-11-6-4-3-5-7-11/h3-8,10H,9H2,1-2H3/b12-8+. The fourth-order valence-corrected chi connectivity index (χ4v) is 1.05. The molecule has 1 rings (SSSR count). The first-order valence-electron chi connectivity index (χ1n) is 5.17. The molecule has 0 aromatic heterocycles. The molecule has 0 bridgehead atoms. The molecule has 0 aliphatic heterocycles. The highest BCUT2D eigenvalue weighted by atomic mass is 19.1. The first-order valence-corrected chi connectivity index (χ1v) is 5.17. The fraction of sp³-hybridized carbons (Fsp3) is 0.308. The van der Waals surface area contributed by atoms with Crippen LogP contribution in [0.3, 0.4) is 0 Å². The zero-order chi connectivity index (χ0) is 12.0. The molecule has 2 nitrogen and oxygen atoms in total. The van der Waals surface area contributed by atoms with Gasteiger partial charge in [0.15, 0.2) is 0 Å². The van der Waals surface area contributed by atoms with Crippen LogP contribution in [0.2, 0.25) is 0 Å². The van der Waals surface area contributed by atoms with Crippen molar-refractivity contribution in [3.8, 4) is 0 Å². The minimum atomic E-state index is -0.643. The minimum absolute atomic E-state index is 0.168. The van der Waals surface area contributed by atoms with Gasteiger partial charge >= 0.3 is 5.97 Å². The first-order chi connectivity index (χ1) is 7.59. The van der Waals surface area contributed by atoms with Crippen LogP contribution in [-0.2, 0) is 16.1 Å². The first kappa shape index (κ1) is 12.4. The van der Waals surface area contributed by atoms with E-state index in [1.54, 1.807) is 13.8 Å². The topological polar surface area (TPSA) is 26.3 Å². The Kier molecular flexibility index (Phi) is 4.70. The van der Waals surface area contributed by atoms with Crippen molar-refractivity contribution in [3.63, 3.8) is 0 Å². The SMILES string of the molecule is CC(C)/C(F)=C\C(=O)OCc1ccccc1. The maximum absolute atomic E-state index is 13.1. The van der Waals surface area contributed by atoms with Crippen molar-refractivity contribution in [2.24, 2.45) is 5.92 Å². The Morgan fingerprint density at radius 2 is 2.00 bits per heavy atom. The van der Waals surface area contributed by atoms with Gasteiger partial charge < -0.3 is 4.74 Å². The normalized spacial score (nSPS) is 11.6. The van der Waals surface area contributed by atoms with E-state index in [4.69, 9.17) is 4.74 Å². The van der Waals surface area contributed by atoms with E-state index in [-0.39, 0.29) is 12.5 Å². The molecule has 0 saturated carbocycles. The van der Waals surface area contributed by atoms with Crippen molar-refractivity contribution in [1.29, 1.82) is 0 Å². The van der Waals surface area contributed by atoms with Crippen molar-refractivity contribution >= 4 is 5.97 Å². The molecule has 0 heterocycles. The summed E-state index contributed by atoms with van der Waals surface area (Å²) in [6.07, 6.45) is 0.896. The molecule has 0 amide bonds. The van der Waals surface area contributed by atoms with Crippen LogP contribution in [0.15, 0.2) is 42.2 Å². The Balaban J connectivity index is 2.45.